The monoisotopic (exact) mass is 366 g/mol. The fourth-order valence-corrected chi connectivity index (χ4v) is 4.02. The third kappa shape index (κ3) is 4.31. The maximum absolute atomic E-state index is 12.6. The molecule has 2 atom stereocenters. The average Bonchev–Trinajstić information content (AvgIpc) is 2.95. The van der Waals surface area contributed by atoms with Crippen LogP contribution in [0.3, 0.4) is 0 Å². The van der Waals surface area contributed by atoms with E-state index < -0.39 is 6.10 Å². The first-order valence-electron chi connectivity index (χ1n) is 9.67. The van der Waals surface area contributed by atoms with Crippen LogP contribution in [0.25, 0.3) is 0 Å². The predicted molar refractivity (Wildman–Crippen MR) is 104 cm³/mol. The Morgan fingerprint density at radius 2 is 1.78 bits per heavy atom. The molecule has 0 aliphatic carbocycles. The van der Waals surface area contributed by atoms with E-state index in [0.29, 0.717) is 18.1 Å². The lowest BCUT2D eigenvalue weighted by atomic mass is 9.91. The number of carbonyl (C=O) groups is 1. The van der Waals surface area contributed by atoms with Crippen molar-refractivity contribution in [1.82, 2.24) is 10.2 Å². The van der Waals surface area contributed by atoms with E-state index in [4.69, 9.17) is 4.74 Å². The highest BCUT2D eigenvalue weighted by atomic mass is 16.5. The van der Waals surface area contributed by atoms with Crippen molar-refractivity contribution in [2.75, 3.05) is 19.6 Å². The molecule has 2 unspecified atom stereocenters. The molecule has 142 valence electrons. The van der Waals surface area contributed by atoms with Gasteiger partial charge in [0.05, 0.1) is 12.1 Å². The van der Waals surface area contributed by atoms with E-state index in [2.05, 4.69) is 10.2 Å². The van der Waals surface area contributed by atoms with E-state index in [1.807, 2.05) is 42.5 Å². The number of hydrogen-bond acceptors (Lipinski definition) is 4. The van der Waals surface area contributed by atoms with Crippen LogP contribution in [-0.2, 0) is 6.61 Å². The highest BCUT2D eigenvalue weighted by molar-refractivity contribution is 5.94. The van der Waals surface area contributed by atoms with E-state index in [0.717, 1.165) is 43.8 Å². The fourth-order valence-electron chi connectivity index (χ4n) is 4.02. The first-order chi connectivity index (χ1) is 13.2. The molecule has 0 aromatic heterocycles. The van der Waals surface area contributed by atoms with Crippen LogP contribution in [0.5, 0.6) is 5.75 Å². The van der Waals surface area contributed by atoms with Crippen molar-refractivity contribution >= 4 is 5.91 Å². The summed E-state index contributed by atoms with van der Waals surface area (Å²) < 4.78 is 5.77. The van der Waals surface area contributed by atoms with Gasteiger partial charge in [0.1, 0.15) is 12.4 Å². The molecule has 2 N–H and O–H groups in total. The van der Waals surface area contributed by atoms with Crippen molar-refractivity contribution < 1.29 is 14.6 Å². The van der Waals surface area contributed by atoms with Gasteiger partial charge in [-0.15, -0.1) is 0 Å². The largest absolute Gasteiger partial charge is 0.489 e. The molecule has 3 aliphatic rings. The van der Waals surface area contributed by atoms with Crippen LogP contribution in [0.4, 0.5) is 0 Å². The smallest absolute Gasteiger partial charge is 0.251 e. The van der Waals surface area contributed by atoms with Gasteiger partial charge in [0.2, 0.25) is 0 Å². The molecule has 2 aromatic carbocycles. The maximum atomic E-state index is 12.6. The molecule has 2 aromatic rings. The molecule has 5 heteroatoms. The van der Waals surface area contributed by atoms with Gasteiger partial charge in [-0.3, -0.25) is 4.79 Å². The molecule has 0 spiro atoms. The van der Waals surface area contributed by atoms with Gasteiger partial charge in [0, 0.05) is 12.1 Å². The maximum Gasteiger partial charge on any atom is 0.251 e. The van der Waals surface area contributed by atoms with Gasteiger partial charge in [-0.25, -0.2) is 0 Å². The summed E-state index contributed by atoms with van der Waals surface area (Å²) in [4.78, 5) is 14.9. The number of fused-ring (bicyclic) bond motifs is 4. The van der Waals surface area contributed by atoms with Gasteiger partial charge in [-0.2, -0.15) is 0 Å². The van der Waals surface area contributed by atoms with Crippen LogP contribution in [0.2, 0.25) is 0 Å². The molecule has 5 nitrogen and oxygen atoms in total. The molecule has 3 fully saturated rings. The normalized spacial score (nSPS) is 27.0. The summed E-state index contributed by atoms with van der Waals surface area (Å²) in [7, 11) is 0. The van der Waals surface area contributed by atoms with Crippen LogP contribution in [-0.4, -0.2) is 47.7 Å². The fraction of sp³-hybridized carbons (Fsp3) is 0.409. The summed E-state index contributed by atoms with van der Waals surface area (Å²) in [5.41, 5.74) is 1.69. The van der Waals surface area contributed by atoms with Crippen LogP contribution >= 0.6 is 0 Å². The Kier molecular flexibility index (Phi) is 5.41. The van der Waals surface area contributed by atoms with Crippen molar-refractivity contribution in [1.29, 1.82) is 0 Å². The van der Waals surface area contributed by atoms with Crippen LogP contribution < -0.4 is 10.1 Å². The standard InChI is InChI=1S/C22H26N2O3/c25-21-17-10-12-24(13-11-17)14-20(21)23-22(26)18-6-8-19(9-7-18)27-15-16-4-2-1-3-5-16/h1-9,17,20-21,25H,10-15H2,(H,23,26). The second-order valence-electron chi connectivity index (χ2n) is 7.51. The van der Waals surface area contributed by atoms with Gasteiger partial charge in [0.25, 0.3) is 5.91 Å². The highest BCUT2D eigenvalue weighted by Gasteiger charge is 2.37. The first kappa shape index (κ1) is 18.0. The lowest BCUT2D eigenvalue weighted by molar-refractivity contribution is 0.0654. The lowest BCUT2D eigenvalue weighted by Gasteiger charge is -2.27. The Labute approximate surface area is 160 Å². The third-order valence-electron chi connectivity index (χ3n) is 5.66. The van der Waals surface area contributed by atoms with E-state index in [1.54, 1.807) is 12.1 Å². The number of piperidine rings is 1. The molecule has 0 saturated carbocycles. The van der Waals surface area contributed by atoms with Gasteiger partial charge in [-0.1, -0.05) is 30.3 Å². The van der Waals surface area contributed by atoms with Gasteiger partial charge in [0.15, 0.2) is 0 Å². The number of aliphatic hydroxyl groups is 1. The molecule has 2 bridgehead atoms. The molecule has 0 radical (unpaired) electrons. The Balaban J connectivity index is 1.35. The minimum absolute atomic E-state index is 0.142. The first-order valence-corrected chi connectivity index (χ1v) is 9.67. The van der Waals surface area contributed by atoms with Crippen LogP contribution in [0.15, 0.2) is 54.6 Å². The number of amides is 1. The van der Waals surface area contributed by atoms with Gasteiger partial charge >= 0.3 is 0 Å². The summed E-state index contributed by atoms with van der Waals surface area (Å²) in [6.45, 7) is 3.25. The quantitative estimate of drug-likeness (QED) is 0.853. The highest BCUT2D eigenvalue weighted by Crippen LogP contribution is 2.27. The SMILES string of the molecule is O=C(NC1CN2CCC(CC2)C1O)c1ccc(OCc2ccccc2)cc1. The van der Waals surface area contributed by atoms with Crippen molar-refractivity contribution in [2.24, 2.45) is 5.92 Å². The number of rotatable bonds is 5. The number of nitrogens with one attached hydrogen (secondary N) is 1. The number of benzene rings is 2. The van der Waals surface area contributed by atoms with E-state index in [-0.39, 0.29) is 11.9 Å². The molecular weight excluding hydrogens is 340 g/mol. The van der Waals surface area contributed by atoms with Crippen molar-refractivity contribution in [3.05, 3.63) is 65.7 Å². The number of ether oxygens (including phenoxy) is 1. The van der Waals surface area contributed by atoms with Crippen molar-refractivity contribution in [2.45, 2.75) is 31.6 Å². The van der Waals surface area contributed by atoms with E-state index in [9.17, 15) is 9.90 Å². The molecule has 5 rings (SSSR count). The zero-order valence-electron chi connectivity index (χ0n) is 15.4. The number of hydrogen-bond donors (Lipinski definition) is 2. The van der Waals surface area contributed by atoms with Crippen molar-refractivity contribution in [3.8, 4) is 5.75 Å². The minimum Gasteiger partial charge on any atom is -0.489 e. The number of carbonyl (C=O) groups excluding carboxylic acids is 1. The van der Waals surface area contributed by atoms with Crippen LogP contribution in [0.1, 0.15) is 28.8 Å². The molecule has 3 saturated heterocycles. The lowest BCUT2D eigenvalue weighted by Crippen LogP contribution is -2.48. The Morgan fingerprint density at radius 1 is 1.07 bits per heavy atom. The topological polar surface area (TPSA) is 61.8 Å². The molecule has 3 heterocycles. The third-order valence-corrected chi connectivity index (χ3v) is 5.66. The second kappa shape index (κ2) is 8.11. The summed E-state index contributed by atoms with van der Waals surface area (Å²) in [6, 6.07) is 16.9. The van der Waals surface area contributed by atoms with Gasteiger partial charge in [-0.05, 0) is 61.7 Å². The van der Waals surface area contributed by atoms with Gasteiger partial charge < -0.3 is 20.1 Å². The zero-order chi connectivity index (χ0) is 18.6. The predicted octanol–water partition coefficient (Wildman–Crippen LogP) is 2.45. The average molecular weight is 366 g/mol. The summed E-state index contributed by atoms with van der Waals surface area (Å²) in [5, 5.41) is 13.6. The Bertz CT molecular complexity index is 755. The number of aliphatic hydroxyl groups excluding tert-OH is 1. The summed E-state index contributed by atoms with van der Waals surface area (Å²) in [6.07, 6.45) is 1.57. The van der Waals surface area contributed by atoms with E-state index in [1.165, 1.54) is 0 Å². The Morgan fingerprint density at radius 3 is 2.48 bits per heavy atom. The van der Waals surface area contributed by atoms with Crippen LogP contribution in [0, 0.1) is 5.92 Å². The molecule has 27 heavy (non-hydrogen) atoms. The second-order valence-corrected chi connectivity index (χ2v) is 7.51. The van der Waals surface area contributed by atoms with Crippen molar-refractivity contribution in [3.63, 3.8) is 0 Å². The molecule has 1 amide bonds. The van der Waals surface area contributed by atoms with E-state index >= 15 is 0 Å². The minimum atomic E-state index is -0.463. The molecular formula is C22H26N2O3. The zero-order valence-corrected chi connectivity index (χ0v) is 15.4. The summed E-state index contributed by atoms with van der Waals surface area (Å²) in [5.74, 6) is 0.882. The molecule has 3 aliphatic heterocycles. The summed E-state index contributed by atoms with van der Waals surface area (Å²) >= 11 is 0. The number of nitrogens with zero attached hydrogens (tertiary/aromatic N) is 1. The Hall–Kier alpha value is -2.37.